The minimum absolute atomic E-state index is 0.219. The number of esters is 1. The topological polar surface area (TPSA) is 129 Å². The van der Waals surface area contributed by atoms with Crippen LogP contribution in [0.4, 0.5) is 22.8 Å². The molecule has 15 heteroatoms. The number of methoxy groups -OCH3 is 1. The highest BCUT2D eigenvalue weighted by atomic mass is 32.2. The number of carbonyl (C=O) groups excluding carboxylic acids is 3. The van der Waals surface area contributed by atoms with Crippen LogP contribution in [0.5, 0.6) is 5.75 Å². The Hall–Kier alpha value is -4.01. The zero-order chi connectivity index (χ0) is 34.7. The van der Waals surface area contributed by atoms with Gasteiger partial charge in [-0.1, -0.05) is 12.1 Å². The summed E-state index contributed by atoms with van der Waals surface area (Å²) in [4.78, 5) is 38.8. The third-order valence-corrected chi connectivity index (χ3v) is 7.60. The van der Waals surface area contributed by atoms with Gasteiger partial charge < -0.3 is 28.2 Å². The highest BCUT2D eigenvalue weighted by Gasteiger charge is 2.48. The highest BCUT2D eigenvalue weighted by Crippen LogP contribution is 2.30. The van der Waals surface area contributed by atoms with E-state index in [0.29, 0.717) is 49.2 Å². The summed E-state index contributed by atoms with van der Waals surface area (Å²) >= 11 is 0. The Morgan fingerprint density at radius 1 is 0.717 bits per heavy atom. The number of rotatable bonds is 3. The summed E-state index contributed by atoms with van der Waals surface area (Å²) in [5.41, 5.74) is -2.65. The normalized spacial score (nSPS) is 15.0. The monoisotopic (exact) mass is 672 g/mol. The van der Waals surface area contributed by atoms with Crippen molar-refractivity contribution >= 4 is 28.3 Å². The molecule has 2 aromatic carbocycles. The molecule has 4 rings (SSSR count). The second kappa shape index (κ2) is 13.8. The van der Waals surface area contributed by atoms with Gasteiger partial charge in [-0.15, -0.1) is 0 Å². The molecule has 2 amide bonds. The van der Waals surface area contributed by atoms with Crippen LogP contribution in [0.3, 0.4) is 0 Å². The highest BCUT2D eigenvalue weighted by molar-refractivity contribution is 7.88. The van der Waals surface area contributed by atoms with E-state index in [9.17, 15) is 36.0 Å². The van der Waals surface area contributed by atoms with E-state index in [0.717, 1.165) is 17.2 Å². The van der Waals surface area contributed by atoms with Gasteiger partial charge in [0.15, 0.2) is 0 Å². The molecule has 0 aliphatic carbocycles. The number of fused-ring (bicyclic) bond motifs is 2. The van der Waals surface area contributed by atoms with Crippen LogP contribution in [0, 0.1) is 0 Å². The Morgan fingerprint density at radius 3 is 1.61 bits per heavy atom. The van der Waals surface area contributed by atoms with Crippen LogP contribution in [0.25, 0.3) is 0 Å². The van der Waals surface area contributed by atoms with Gasteiger partial charge in [0.25, 0.3) is 0 Å². The number of amides is 2. The van der Waals surface area contributed by atoms with Crippen LogP contribution in [0.2, 0.25) is 0 Å². The van der Waals surface area contributed by atoms with E-state index in [1.54, 1.807) is 31.7 Å². The maximum atomic E-state index is 12.4. The number of benzene rings is 2. The quantitative estimate of drug-likeness (QED) is 0.168. The van der Waals surface area contributed by atoms with Gasteiger partial charge in [-0.2, -0.15) is 21.6 Å². The minimum atomic E-state index is -5.71. The lowest BCUT2D eigenvalue weighted by atomic mass is 9.97. The third kappa shape index (κ3) is 9.99. The van der Waals surface area contributed by atoms with Crippen molar-refractivity contribution in [1.29, 1.82) is 0 Å². The molecule has 0 bridgehead atoms. The van der Waals surface area contributed by atoms with Gasteiger partial charge in [0.1, 0.15) is 17.0 Å². The average Bonchev–Trinajstić information content (AvgIpc) is 2.93. The Kier molecular flexibility index (Phi) is 10.9. The summed E-state index contributed by atoms with van der Waals surface area (Å²) in [6.45, 7) is 12.4. The van der Waals surface area contributed by atoms with Crippen molar-refractivity contribution in [1.82, 2.24) is 9.80 Å². The van der Waals surface area contributed by atoms with E-state index < -0.39 is 38.7 Å². The number of halogens is 3. The van der Waals surface area contributed by atoms with E-state index in [2.05, 4.69) is 4.18 Å². The van der Waals surface area contributed by atoms with Crippen LogP contribution >= 0.6 is 0 Å². The first kappa shape index (κ1) is 36.5. The van der Waals surface area contributed by atoms with E-state index in [1.165, 1.54) is 24.1 Å². The van der Waals surface area contributed by atoms with E-state index >= 15 is 0 Å². The molecule has 0 spiro atoms. The number of ether oxygens (including phenoxy) is 3. The maximum absolute atomic E-state index is 12.4. The van der Waals surface area contributed by atoms with Gasteiger partial charge in [0.2, 0.25) is 0 Å². The summed E-state index contributed by atoms with van der Waals surface area (Å²) in [6.07, 6.45) is 0.264. The second-order valence-electron chi connectivity index (χ2n) is 12.7. The van der Waals surface area contributed by atoms with Crippen LogP contribution in [-0.4, -0.2) is 73.3 Å². The molecule has 0 atom stereocenters. The van der Waals surface area contributed by atoms with Crippen molar-refractivity contribution in [2.24, 2.45) is 0 Å². The number of carbonyl (C=O) groups is 3. The largest absolute Gasteiger partial charge is 0.534 e. The number of hydrogen-bond acceptors (Lipinski definition) is 9. The predicted molar refractivity (Wildman–Crippen MR) is 161 cm³/mol. The van der Waals surface area contributed by atoms with Gasteiger partial charge in [0, 0.05) is 26.2 Å². The fourth-order valence-corrected chi connectivity index (χ4v) is 4.97. The molecule has 2 heterocycles. The molecule has 0 radical (unpaired) electrons. The lowest BCUT2D eigenvalue weighted by molar-refractivity contribution is -0.0500. The van der Waals surface area contributed by atoms with Gasteiger partial charge in [-0.25, -0.2) is 14.4 Å². The fraction of sp³-hybridized carbons (Fsp3) is 0.516. The van der Waals surface area contributed by atoms with Crippen LogP contribution in [-0.2, 0) is 50.3 Å². The molecule has 0 saturated carbocycles. The van der Waals surface area contributed by atoms with Crippen molar-refractivity contribution in [2.45, 2.75) is 84.2 Å². The van der Waals surface area contributed by atoms with Gasteiger partial charge >= 0.3 is 33.8 Å². The second-order valence-corrected chi connectivity index (χ2v) is 14.2. The van der Waals surface area contributed by atoms with Gasteiger partial charge in [-0.3, -0.25) is 0 Å². The van der Waals surface area contributed by atoms with E-state index in [1.807, 2.05) is 32.9 Å². The zero-order valence-corrected chi connectivity index (χ0v) is 27.6. The van der Waals surface area contributed by atoms with Crippen molar-refractivity contribution < 1.29 is 54.4 Å². The molecule has 2 aliphatic heterocycles. The van der Waals surface area contributed by atoms with Gasteiger partial charge in [-0.05, 0) is 101 Å². The summed E-state index contributed by atoms with van der Waals surface area (Å²) in [5.74, 6) is -0.755. The molecule has 0 aromatic heterocycles. The molecule has 2 aromatic rings. The molecular formula is C31H39F3N2O9S. The Morgan fingerprint density at radius 2 is 1.17 bits per heavy atom. The summed E-state index contributed by atoms with van der Waals surface area (Å²) in [6, 6.07) is 9.24. The Labute approximate surface area is 266 Å². The Balaban J connectivity index is 0.000000254. The number of hydrogen-bond donors (Lipinski definition) is 0. The molecule has 2 aliphatic rings. The molecule has 254 valence electrons. The summed E-state index contributed by atoms with van der Waals surface area (Å²) in [7, 11) is -4.34. The molecular weight excluding hydrogens is 633 g/mol. The summed E-state index contributed by atoms with van der Waals surface area (Å²) < 4.78 is 78.7. The van der Waals surface area contributed by atoms with Crippen molar-refractivity contribution in [3.8, 4) is 5.75 Å². The van der Waals surface area contributed by atoms with Crippen molar-refractivity contribution in [2.75, 3.05) is 20.2 Å². The van der Waals surface area contributed by atoms with Crippen LogP contribution in [0.15, 0.2) is 36.4 Å². The standard InChI is InChI=1S/C16H21NO4.C15H18F3NO5S/c1-16(2,3)21-15(19)17-8-7-11-9-12(14(18)20-4)5-6-13(11)10-17;1-14(2,3)23-13(20)19-7-6-10-8-12(5-4-11(10)9-19)24-25(21,22)15(16,17)18/h5-6,9H,7-8,10H2,1-4H3;4-5,8H,6-7,9H2,1-3H3. The molecule has 0 fully saturated rings. The first-order valence-corrected chi connectivity index (χ1v) is 15.8. The van der Waals surface area contributed by atoms with Crippen LogP contribution in [0.1, 0.15) is 74.2 Å². The zero-order valence-electron chi connectivity index (χ0n) is 26.8. The third-order valence-electron chi connectivity index (χ3n) is 6.62. The molecule has 46 heavy (non-hydrogen) atoms. The predicted octanol–water partition coefficient (Wildman–Crippen LogP) is 5.97. The summed E-state index contributed by atoms with van der Waals surface area (Å²) in [5, 5.41) is 0. The first-order valence-electron chi connectivity index (χ1n) is 14.4. The van der Waals surface area contributed by atoms with Crippen LogP contribution < -0.4 is 4.18 Å². The van der Waals surface area contributed by atoms with Gasteiger partial charge in [0.05, 0.1) is 12.7 Å². The van der Waals surface area contributed by atoms with E-state index in [4.69, 9.17) is 14.2 Å². The van der Waals surface area contributed by atoms with Crippen molar-refractivity contribution in [3.05, 3.63) is 64.2 Å². The van der Waals surface area contributed by atoms with Crippen molar-refractivity contribution in [3.63, 3.8) is 0 Å². The number of nitrogens with zero attached hydrogens (tertiary/aromatic N) is 2. The first-order chi connectivity index (χ1) is 21.1. The smallest absolute Gasteiger partial charge is 0.465 e. The lowest BCUT2D eigenvalue weighted by Crippen LogP contribution is -2.39. The molecule has 11 nitrogen and oxygen atoms in total. The minimum Gasteiger partial charge on any atom is -0.465 e. The van der Waals surface area contributed by atoms with E-state index in [-0.39, 0.29) is 18.6 Å². The fourth-order valence-electron chi connectivity index (χ4n) is 4.52. The SMILES string of the molecule is CC(C)(C)OC(=O)N1CCc2cc(OS(=O)(=O)C(F)(F)F)ccc2C1.COC(=O)c1ccc2c(c1)CCN(C(=O)OC(C)(C)C)C2. The average molecular weight is 673 g/mol. The Bertz CT molecular complexity index is 1560. The maximum Gasteiger partial charge on any atom is 0.534 e. The molecule has 0 saturated heterocycles. The lowest BCUT2D eigenvalue weighted by Gasteiger charge is -2.31. The number of alkyl halides is 3. The molecule has 0 N–H and O–H groups in total. The molecule has 0 unspecified atom stereocenters.